The van der Waals surface area contributed by atoms with Crippen molar-refractivity contribution in [2.24, 2.45) is 5.73 Å². The molecule has 0 saturated carbocycles. The van der Waals surface area contributed by atoms with E-state index >= 15 is 0 Å². The van der Waals surface area contributed by atoms with Crippen LogP contribution in [0.1, 0.15) is 20.8 Å². The lowest BCUT2D eigenvalue weighted by molar-refractivity contribution is -0.139. The van der Waals surface area contributed by atoms with Crippen molar-refractivity contribution < 1.29 is 24.5 Å². The first-order valence-corrected chi connectivity index (χ1v) is 7.10. The summed E-state index contributed by atoms with van der Waals surface area (Å²) in [6.07, 6.45) is -0.747. The van der Waals surface area contributed by atoms with Crippen LogP contribution >= 0.6 is 11.8 Å². The molecule has 6 nitrogen and oxygen atoms in total. The van der Waals surface area contributed by atoms with E-state index in [0.717, 1.165) is 0 Å². The summed E-state index contributed by atoms with van der Waals surface area (Å²) < 4.78 is 9.65. The minimum atomic E-state index is -1.04. The Labute approximate surface area is 118 Å². The van der Waals surface area contributed by atoms with E-state index in [1.54, 1.807) is 21.0 Å². The molecule has 0 aliphatic carbocycles. The molecule has 0 heterocycles. The molecule has 0 fully saturated rings. The van der Waals surface area contributed by atoms with Crippen LogP contribution in [0.5, 0.6) is 0 Å². The number of aliphatic carboxylic acids is 1. The maximum atomic E-state index is 10.8. The van der Waals surface area contributed by atoms with Crippen LogP contribution < -0.4 is 5.73 Å². The number of hydrogen-bond donors (Lipinski definition) is 3. The first kappa shape index (κ1) is 18.7. The minimum Gasteiger partial charge on any atom is -0.480 e. The highest BCUT2D eigenvalue weighted by atomic mass is 32.2. The summed E-state index contributed by atoms with van der Waals surface area (Å²) in [5.41, 5.74) is 5.59. The zero-order valence-corrected chi connectivity index (χ0v) is 12.8. The number of hydrogen-bond acceptors (Lipinski definition) is 6. The van der Waals surface area contributed by atoms with Crippen LogP contribution in [0.2, 0.25) is 0 Å². The number of thioether (sulfide) groups is 1. The molecule has 0 aromatic rings. The van der Waals surface area contributed by atoms with Gasteiger partial charge in [0.05, 0.1) is 25.4 Å². The Kier molecular flexibility index (Phi) is 8.60. The van der Waals surface area contributed by atoms with Crippen LogP contribution in [0, 0.1) is 0 Å². The lowest BCUT2D eigenvalue weighted by atomic mass is 10.1. The number of carboxylic acid groups (broad SMARTS) is 1. The van der Waals surface area contributed by atoms with Crippen LogP contribution in [0.4, 0.5) is 0 Å². The molecule has 2 unspecified atom stereocenters. The van der Waals surface area contributed by atoms with E-state index in [9.17, 15) is 9.90 Å². The van der Waals surface area contributed by atoms with Gasteiger partial charge in [0.1, 0.15) is 6.04 Å². The van der Waals surface area contributed by atoms with Crippen molar-refractivity contribution in [3.05, 3.63) is 0 Å². The zero-order valence-electron chi connectivity index (χ0n) is 12.0. The second-order valence-electron chi connectivity index (χ2n) is 4.98. The molecule has 0 amide bonds. The molecule has 0 aliphatic rings. The van der Waals surface area contributed by atoms with Gasteiger partial charge in [-0.1, -0.05) is 0 Å². The van der Waals surface area contributed by atoms with Gasteiger partial charge in [0.2, 0.25) is 0 Å². The van der Waals surface area contributed by atoms with E-state index in [4.69, 9.17) is 20.3 Å². The van der Waals surface area contributed by atoms with E-state index in [-0.39, 0.29) is 12.7 Å². The molecule has 0 saturated heterocycles. The lowest BCUT2D eigenvalue weighted by Crippen LogP contribution is -2.47. The Morgan fingerprint density at radius 2 is 2.00 bits per heavy atom. The monoisotopic (exact) mass is 295 g/mol. The van der Waals surface area contributed by atoms with E-state index < -0.39 is 22.9 Å². The maximum absolute atomic E-state index is 10.8. The second kappa shape index (κ2) is 8.76. The largest absolute Gasteiger partial charge is 0.480 e. The summed E-state index contributed by atoms with van der Waals surface area (Å²) in [4.78, 5) is 10.8. The number of methoxy groups -OCH3 is 1. The molecule has 114 valence electrons. The molecule has 0 bridgehead atoms. The fourth-order valence-electron chi connectivity index (χ4n) is 1.30. The van der Waals surface area contributed by atoms with E-state index in [1.807, 2.05) is 6.92 Å². The van der Waals surface area contributed by atoms with Crippen LogP contribution in [0.3, 0.4) is 0 Å². The van der Waals surface area contributed by atoms with Crippen molar-refractivity contribution in [1.82, 2.24) is 0 Å². The summed E-state index contributed by atoms with van der Waals surface area (Å²) >= 11 is 1.32. The number of carboxylic acids is 1. The number of ether oxygens (including phenoxy) is 2. The predicted octanol–water partition coefficient (Wildman–Crippen LogP) is 0.323. The normalized spacial score (nSPS) is 16.9. The summed E-state index contributed by atoms with van der Waals surface area (Å²) in [7, 11) is 1.59. The van der Waals surface area contributed by atoms with Crippen LogP contribution in [0.25, 0.3) is 0 Å². The standard InChI is InChI=1S/C12H25NO5S/c1-8(5-17-4)18-6-9(14)7-19-12(2,3)10(13)11(15)16/h8-10,14H,5-7,13H2,1-4H3,(H,15,16)/t8?,9?,10-/m1/s1. The van der Waals surface area contributed by atoms with Crippen molar-refractivity contribution in [2.75, 3.05) is 26.1 Å². The average molecular weight is 295 g/mol. The summed E-state index contributed by atoms with van der Waals surface area (Å²) in [5, 5.41) is 18.7. The number of aliphatic hydroxyl groups is 1. The summed E-state index contributed by atoms with van der Waals surface area (Å²) in [6.45, 7) is 6.01. The van der Waals surface area contributed by atoms with Crippen molar-refractivity contribution in [2.45, 2.75) is 43.8 Å². The number of aliphatic hydroxyl groups excluding tert-OH is 1. The Hall–Kier alpha value is -0.340. The first-order chi connectivity index (χ1) is 8.70. The van der Waals surface area contributed by atoms with Gasteiger partial charge in [0.15, 0.2) is 0 Å². The molecule has 0 aromatic heterocycles. The Balaban J connectivity index is 4.01. The van der Waals surface area contributed by atoms with E-state index in [2.05, 4.69) is 0 Å². The third-order valence-electron chi connectivity index (χ3n) is 2.64. The molecule has 3 atom stereocenters. The Bertz CT molecular complexity index is 275. The molecule has 7 heteroatoms. The van der Waals surface area contributed by atoms with Crippen LogP contribution in [0.15, 0.2) is 0 Å². The lowest BCUT2D eigenvalue weighted by Gasteiger charge is -2.29. The van der Waals surface area contributed by atoms with Gasteiger partial charge in [-0.3, -0.25) is 4.79 Å². The molecule has 0 aliphatic heterocycles. The number of rotatable bonds is 10. The van der Waals surface area contributed by atoms with E-state index in [1.165, 1.54) is 11.8 Å². The highest BCUT2D eigenvalue weighted by molar-refractivity contribution is 8.00. The molecule has 4 N–H and O–H groups in total. The molecule has 0 radical (unpaired) electrons. The van der Waals surface area contributed by atoms with Crippen LogP contribution in [-0.2, 0) is 14.3 Å². The van der Waals surface area contributed by atoms with Gasteiger partial charge in [0, 0.05) is 17.6 Å². The van der Waals surface area contributed by atoms with Crippen LogP contribution in [-0.4, -0.2) is 65.3 Å². The van der Waals surface area contributed by atoms with Gasteiger partial charge in [-0.2, -0.15) is 11.8 Å². The first-order valence-electron chi connectivity index (χ1n) is 6.11. The summed E-state index contributed by atoms with van der Waals surface area (Å²) in [6, 6.07) is -0.974. The van der Waals surface area contributed by atoms with Crippen molar-refractivity contribution >= 4 is 17.7 Å². The molecule has 0 rings (SSSR count). The van der Waals surface area contributed by atoms with Gasteiger partial charge in [-0.05, 0) is 20.8 Å². The third kappa shape index (κ3) is 7.74. The molecular formula is C12H25NO5S. The van der Waals surface area contributed by atoms with Crippen molar-refractivity contribution in [3.63, 3.8) is 0 Å². The number of carbonyl (C=O) groups is 1. The Morgan fingerprint density at radius 1 is 1.42 bits per heavy atom. The Morgan fingerprint density at radius 3 is 2.47 bits per heavy atom. The smallest absolute Gasteiger partial charge is 0.321 e. The fraction of sp³-hybridized carbons (Fsp3) is 0.917. The number of nitrogens with two attached hydrogens (primary N) is 1. The minimum absolute atomic E-state index is 0.0843. The molecular weight excluding hydrogens is 270 g/mol. The second-order valence-corrected chi connectivity index (χ2v) is 6.66. The molecule has 19 heavy (non-hydrogen) atoms. The SMILES string of the molecule is COCC(C)OCC(O)CSC(C)(C)[C@H](N)C(=O)O. The average Bonchev–Trinajstić information content (AvgIpc) is 2.33. The van der Waals surface area contributed by atoms with Gasteiger partial charge >= 0.3 is 5.97 Å². The zero-order chi connectivity index (χ0) is 15.1. The highest BCUT2D eigenvalue weighted by Gasteiger charge is 2.33. The quantitative estimate of drug-likeness (QED) is 0.533. The summed E-state index contributed by atoms with van der Waals surface area (Å²) in [5.74, 6) is -0.676. The molecule has 0 spiro atoms. The third-order valence-corrected chi connectivity index (χ3v) is 4.19. The maximum Gasteiger partial charge on any atom is 0.321 e. The predicted molar refractivity (Wildman–Crippen MR) is 75.4 cm³/mol. The van der Waals surface area contributed by atoms with Gasteiger partial charge in [-0.25, -0.2) is 0 Å². The van der Waals surface area contributed by atoms with Crippen molar-refractivity contribution in [1.29, 1.82) is 0 Å². The van der Waals surface area contributed by atoms with E-state index in [0.29, 0.717) is 12.4 Å². The molecule has 0 aromatic carbocycles. The van der Waals surface area contributed by atoms with Crippen molar-refractivity contribution in [3.8, 4) is 0 Å². The highest BCUT2D eigenvalue weighted by Crippen LogP contribution is 2.28. The van der Waals surface area contributed by atoms with Gasteiger partial charge in [0.25, 0.3) is 0 Å². The fourth-order valence-corrected chi connectivity index (χ4v) is 2.30. The van der Waals surface area contributed by atoms with Gasteiger partial charge < -0.3 is 25.4 Å². The topological polar surface area (TPSA) is 102 Å². The van der Waals surface area contributed by atoms with Gasteiger partial charge in [-0.15, -0.1) is 0 Å².